The van der Waals surface area contributed by atoms with Crippen LogP contribution < -0.4 is 0 Å². The lowest BCUT2D eigenvalue weighted by atomic mass is 10.1. The molecule has 1 aliphatic heterocycles. The van der Waals surface area contributed by atoms with Crippen molar-refractivity contribution in [1.29, 1.82) is 0 Å². The highest BCUT2D eigenvalue weighted by molar-refractivity contribution is 7.89. The Morgan fingerprint density at radius 3 is 2.76 bits per heavy atom. The molecule has 1 aromatic carbocycles. The summed E-state index contributed by atoms with van der Waals surface area (Å²) in [4.78, 5) is -0.0718. The fraction of sp³-hybridized carbons (Fsp3) is 0.538. The van der Waals surface area contributed by atoms with Crippen molar-refractivity contribution < 1.29 is 18.3 Å². The highest BCUT2D eigenvalue weighted by Crippen LogP contribution is 2.32. The zero-order valence-corrected chi connectivity index (χ0v) is 13.9. The smallest absolute Gasteiger partial charge is 0.244 e. The number of hydrogen-bond donors (Lipinski definition) is 1. The maximum Gasteiger partial charge on any atom is 0.244 e. The minimum Gasteiger partial charge on any atom is -0.392 e. The van der Waals surface area contributed by atoms with E-state index >= 15 is 0 Å². The Morgan fingerprint density at radius 2 is 2.14 bits per heavy atom. The summed E-state index contributed by atoms with van der Waals surface area (Å²) in [5, 5.41) is 9.49. The predicted molar refractivity (Wildman–Crippen MR) is 81.2 cm³/mol. The fourth-order valence-electron chi connectivity index (χ4n) is 2.38. The number of sulfonamides is 1. The number of aliphatic hydroxyl groups is 1. The Kier molecular flexibility index (Phi) is 5.51. The summed E-state index contributed by atoms with van der Waals surface area (Å²) in [7, 11) is -2.20. The molecule has 1 aliphatic rings. The van der Waals surface area contributed by atoms with Gasteiger partial charge in [-0.15, -0.1) is 0 Å². The third-order valence-electron chi connectivity index (χ3n) is 3.54. The Morgan fingerprint density at radius 1 is 1.43 bits per heavy atom. The average Bonchev–Trinajstić information content (AvgIpc) is 2.49. The lowest BCUT2D eigenvalue weighted by Gasteiger charge is -2.31. The van der Waals surface area contributed by atoms with Gasteiger partial charge in [-0.25, -0.2) is 8.42 Å². The number of hydrogen-bond acceptors (Lipinski definition) is 4. The van der Waals surface area contributed by atoms with Crippen molar-refractivity contribution in [2.75, 3.05) is 20.2 Å². The van der Waals surface area contributed by atoms with E-state index < -0.39 is 10.0 Å². The maximum atomic E-state index is 12.7. The Labute approximate surface area is 134 Å². The van der Waals surface area contributed by atoms with Crippen LogP contribution in [0.1, 0.15) is 18.4 Å². The molecule has 1 atom stereocenters. The van der Waals surface area contributed by atoms with Gasteiger partial charge in [0.25, 0.3) is 0 Å². The second kappa shape index (κ2) is 6.81. The molecule has 0 saturated carbocycles. The summed E-state index contributed by atoms with van der Waals surface area (Å²) in [6.07, 6.45) is 1.43. The maximum absolute atomic E-state index is 12.7. The number of nitrogens with zero attached hydrogens (tertiary/aromatic N) is 1. The first-order valence-electron chi connectivity index (χ1n) is 6.52. The molecule has 1 unspecified atom stereocenters. The van der Waals surface area contributed by atoms with Gasteiger partial charge < -0.3 is 9.84 Å². The van der Waals surface area contributed by atoms with Crippen LogP contribution in [0.25, 0.3) is 0 Å². The van der Waals surface area contributed by atoms with E-state index in [9.17, 15) is 13.5 Å². The van der Waals surface area contributed by atoms with Crippen LogP contribution in [0.5, 0.6) is 0 Å². The van der Waals surface area contributed by atoms with Crippen LogP contribution in [0.4, 0.5) is 0 Å². The van der Waals surface area contributed by atoms with Crippen LogP contribution in [0.2, 0.25) is 10.0 Å². The number of halogens is 2. The molecule has 0 spiro atoms. The van der Waals surface area contributed by atoms with Crippen LogP contribution in [0.15, 0.2) is 17.0 Å². The zero-order chi connectivity index (χ0) is 15.6. The first-order chi connectivity index (χ1) is 9.90. The fourth-order valence-corrected chi connectivity index (χ4v) is 4.79. The summed E-state index contributed by atoms with van der Waals surface area (Å²) in [5.41, 5.74) is 0.294. The molecule has 0 radical (unpaired) electrons. The van der Waals surface area contributed by atoms with Crippen molar-refractivity contribution in [2.45, 2.75) is 30.4 Å². The Hall–Kier alpha value is -0.370. The van der Waals surface area contributed by atoms with E-state index in [2.05, 4.69) is 0 Å². The van der Waals surface area contributed by atoms with Gasteiger partial charge in [-0.05, 0) is 30.5 Å². The van der Waals surface area contributed by atoms with Gasteiger partial charge in [0.15, 0.2) is 0 Å². The van der Waals surface area contributed by atoms with Crippen LogP contribution in [-0.4, -0.2) is 44.1 Å². The summed E-state index contributed by atoms with van der Waals surface area (Å²) in [5.74, 6) is 0. The molecular formula is C13H17Cl2NO4S. The molecule has 1 N–H and O–H groups in total. The third kappa shape index (κ3) is 3.52. The molecule has 8 heteroatoms. The highest BCUT2D eigenvalue weighted by Gasteiger charge is 2.32. The lowest BCUT2D eigenvalue weighted by Crippen LogP contribution is -2.42. The van der Waals surface area contributed by atoms with Gasteiger partial charge in [0.2, 0.25) is 10.0 Å². The van der Waals surface area contributed by atoms with Crippen molar-refractivity contribution in [3.63, 3.8) is 0 Å². The molecule has 5 nitrogen and oxygen atoms in total. The van der Waals surface area contributed by atoms with Crippen molar-refractivity contribution in [3.05, 3.63) is 27.7 Å². The van der Waals surface area contributed by atoms with Crippen molar-refractivity contribution in [3.8, 4) is 0 Å². The van der Waals surface area contributed by atoms with Gasteiger partial charge >= 0.3 is 0 Å². The molecule has 1 fully saturated rings. The molecule has 2 rings (SSSR count). The van der Waals surface area contributed by atoms with E-state index in [0.717, 1.165) is 12.8 Å². The normalized spacial score (nSPS) is 20.7. The summed E-state index contributed by atoms with van der Waals surface area (Å²) < 4.78 is 32.1. The number of aliphatic hydroxyl groups excluding tert-OH is 1. The summed E-state index contributed by atoms with van der Waals surface area (Å²) in [6.45, 7) is 0.332. The number of piperidine rings is 1. The van der Waals surface area contributed by atoms with Gasteiger partial charge in [-0.2, -0.15) is 4.31 Å². The lowest BCUT2D eigenvalue weighted by molar-refractivity contribution is 0.0572. The minimum atomic E-state index is -3.76. The quantitative estimate of drug-likeness (QED) is 0.901. The second-order valence-electron chi connectivity index (χ2n) is 4.90. The highest BCUT2D eigenvalue weighted by atomic mass is 35.5. The third-order valence-corrected chi connectivity index (χ3v) is 6.21. The molecule has 1 heterocycles. The first kappa shape index (κ1) is 17.0. The van der Waals surface area contributed by atoms with Gasteiger partial charge in [-0.3, -0.25) is 0 Å². The van der Waals surface area contributed by atoms with Crippen LogP contribution >= 0.6 is 23.2 Å². The van der Waals surface area contributed by atoms with E-state index in [1.54, 1.807) is 7.11 Å². The monoisotopic (exact) mass is 353 g/mol. The Balaban J connectivity index is 2.42. The number of ether oxygens (including phenoxy) is 1. The van der Waals surface area contributed by atoms with Gasteiger partial charge in [0.05, 0.1) is 17.7 Å². The minimum absolute atomic E-state index is 0.0152. The van der Waals surface area contributed by atoms with Gasteiger partial charge in [0.1, 0.15) is 4.90 Å². The van der Waals surface area contributed by atoms with E-state index in [4.69, 9.17) is 27.9 Å². The van der Waals surface area contributed by atoms with Crippen molar-refractivity contribution in [2.24, 2.45) is 0 Å². The molecule has 0 aromatic heterocycles. The van der Waals surface area contributed by atoms with Crippen LogP contribution in [0.3, 0.4) is 0 Å². The topological polar surface area (TPSA) is 66.8 Å². The van der Waals surface area contributed by atoms with Gasteiger partial charge in [-0.1, -0.05) is 23.2 Å². The molecule has 1 saturated heterocycles. The molecule has 118 valence electrons. The summed E-state index contributed by atoms with van der Waals surface area (Å²) >= 11 is 12.0. The number of methoxy groups -OCH3 is 1. The number of rotatable bonds is 4. The van der Waals surface area contributed by atoms with E-state index in [1.165, 1.54) is 16.4 Å². The molecule has 0 amide bonds. The van der Waals surface area contributed by atoms with Crippen molar-refractivity contribution in [1.82, 2.24) is 4.31 Å². The van der Waals surface area contributed by atoms with Crippen molar-refractivity contribution >= 4 is 33.2 Å². The van der Waals surface area contributed by atoms with E-state index in [0.29, 0.717) is 12.1 Å². The van der Waals surface area contributed by atoms with E-state index in [-0.39, 0.29) is 34.2 Å². The molecule has 1 aromatic rings. The average molecular weight is 354 g/mol. The molecular weight excluding hydrogens is 337 g/mol. The SMILES string of the molecule is COC1CCCN(S(=O)(=O)c2cc(Cl)cc(CO)c2Cl)C1. The zero-order valence-electron chi connectivity index (χ0n) is 11.6. The Bertz CT molecular complexity index is 621. The summed E-state index contributed by atoms with van der Waals surface area (Å²) in [6, 6.07) is 2.77. The standard InChI is InChI=1S/C13H17Cl2NO4S/c1-20-11-3-2-4-16(7-11)21(18,19)12-6-10(14)5-9(8-17)13(12)15/h5-6,11,17H,2-4,7-8H2,1H3. The van der Waals surface area contributed by atoms with Gasteiger partial charge in [0, 0.05) is 25.2 Å². The molecule has 21 heavy (non-hydrogen) atoms. The van der Waals surface area contributed by atoms with Crippen LogP contribution in [-0.2, 0) is 21.4 Å². The second-order valence-corrected chi connectivity index (χ2v) is 7.62. The molecule has 0 aliphatic carbocycles. The largest absolute Gasteiger partial charge is 0.392 e. The predicted octanol–water partition coefficient (Wildman–Crippen LogP) is 2.29. The number of benzene rings is 1. The van der Waals surface area contributed by atoms with E-state index in [1.807, 2.05) is 0 Å². The molecule has 0 bridgehead atoms. The van der Waals surface area contributed by atoms with Crippen LogP contribution in [0, 0.1) is 0 Å². The first-order valence-corrected chi connectivity index (χ1v) is 8.71.